The molecule has 0 saturated carbocycles. The van der Waals surface area contributed by atoms with Gasteiger partial charge in [-0.2, -0.15) is 0 Å². The summed E-state index contributed by atoms with van der Waals surface area (Å²) in [5, 5.41) is 0. The van der Waals surface area contributed by atoms with Crippen LogP contribution in [0.5, 0.6) is 0 Å². The molecule has 16 heavy (non-hydrogen) atoms. The number of benzene rings is 1. The molecule has 1 aliphatic heterocycles. The second-order valence-corrected chi connectivity index (χ2v) is 3.70. The van der Waals surface area contributed by atoms with Gasteiger partial charge in [-0.3, -0.25) is 0 Å². The minimum absolute atomic E-state index is 0.138. The fraction of sp³-hybridized carbons (Fsp3) is 0.231. The smallest absolute Gasteiger partial charge is 0.159 e. The van der Waals surface area contributed by atoms with E-state index in [1.165, 1.54) is 6.07 Å². The summed E-state index contributed by atoms with van der Waals surface area (Å²) in [5.74, 6) is -1.54. The number of hydrogen-bond acceptors (Lipinski definition) is 1. The fourth-order valence-electron chi connectivity index (χ4n) is 1.79. The molecule has 1 aromatic carbocycles. The monoisotopic (exact) mass is 222 g/mol. The van der Waals surface area contributed by atoms with Crippen LogP contribution in [-0.4, -0.2) is 6.61 Å². The molecule has 0 aromatic heterocycles. The number of hydrogen-bond donors (Lipinski definition) is 0. The summed E-state index contributed by atoms with van der Waals surface area (Å²) < 4.78 is 31.1. The molecule has 2 rings (SSSR count). The van der Waals surface area contributed by atoms with E-state index in [2.05, 4.69) is 6.58 Å². The van der Waals surface area contributed by atoms with Gasteiger partial charge in [-0.25, -0.2) is 8.78 Å². The number of allylic oxidation sites excluding steroid dienone is 2. The van der Waals surface area contributed by atoms with Crippen molar-refractivity contribution in [2.75, 3.05) is 6.61 Å². The number of rotatable bonds is 2. The third-order valence-corrected chi connectivity index (χ3v) is 2.69. The van der Waals surface area contributed by atoms with Crippen molar-refractivity contribution in [1.82, 2.24) is 0 Å². The van der Waals surface area contributed by atoms with E-state index in [4.69, 9.17) is 4.74 Å². The Balaban J connectivity index is 2.38. The maximum absolute atomic E-state index is 13.1. The molecule has 0 aliphatic carbocycles. The van der Waals surface area contributed by atoms with Gasteiger partial charge in [0.15, 0.2) is 11.6 Å². The second-order valence-electron chi connectivity index (χ2n) is 3.70. The summed E-state index contributed by atoms with van der Waals surface area (Å²) in [6, 6.07) is 3.86. The lowest BCUT2D eigenvalue weighted by atomic mass is 9.90. The van der Waals surface area contributed by atoms with Crippen LogP contribution in [0.15, 0.2) is 37.1 Å². The van der Waals surface area contributed by atoms with E-state index >= 15 is 0 Å². The Labute approximate surface area is 93.0 Å². The van der Waals surface area contributed by atoms with Gasteiger partial charge < -0.3 is 4.74 Å². The van der Waals surface area contributed by atoms with E-state index in [0.29, 0.717) is 12.2 Å². The average molecular weight is 222 g/mol. The summed E-state index contributed by atoms with van der Waals surface area (Å²) >= 11 is 0. The average Bonchev–Trinajstić information content (AvgIpc) is 2.32. The van der Waals surface area contributed by atoms with Gasteiger partial charge in [-0.15, -0.1) is 6.58 Å². The first-order valence-corrected chi connectivity index (χ1v) is 5.12. The summed E-state index contributed by atoms with van der Waals surface area (Å²) in [4.78, 5) is 0. The molecule has 3 heteroatoms. The Kier molecular flexibility index (Phi) is 3.04. The number of halogens is 2. The maximum atomic E-state index is 13.1. The molecule has 1 atom stereocenters. The zero-order valence-electron chi connectivity index (χ0n) is 8.75. The first-order valence-electron chi connectivity index (χ1n) is 5.12. The van der Waals surface area contributed by atoms with Crippen molar-refractivity contribution < 1.29 is 13.5 Å². The third-order valence-electron chi connectivity index (χ3n) is 2.69. The molecular formula is C13H12F2O. The lowest BCUT2D eigenvalue weighted by Gasteiger charge is -2.21. The summed E-state index contributed by atoms with van der Waals surface area (Å²) in [7, 11) is 0. The highest BCUT2D eigenvalue weighted by Gasteiger charge is 2.18. The van der Waals surface area contributed by atoms with Crippen LogP contribution in [0.1, 0.15) is 12.0 Å². The molecule has 0 fully saturated rings. The van der Waals surface area contributed by atoms with Gasteiger partial charge in [0.05, 0.1) is 12.9 Å². The zero-order valence-corrected chi connectivity index (χ0v) is 8.75. The maximum Gasteiger partial charge on any atom is 0.159 e. The Morgan fingerprint density at radius 2 is 2.12 bits per heavy atom. The van der Waals surface area contributed by atoms with Crippen LogP contribution in [0.2, 0.25) is 0 Å². The van der Waals surface area contributed by atoms with Gasteiger partial charge >= 0.3 is 0 Å². The predicted octanol–water partition coefficient (Wildman–Crippen LogP) is 3.53. The highest BCUT2D eigenvalue weighted by molar-refractivity contribution is 5.68. The molecule has 1 aliphatic rings. The van der Waals surface area contributed by atoms with E-state index in [9.17, 15) is 8.78 Å². The first-order chi connectivity index (χ1) is 7.72. The molecular weight excluding hydrogens is 210 g/mol. The van der Waals surface area contributed by atoms with Crippen LogP contribution in [-0.2, 0) is 4.74 Å². The summed E-state index contributed by atoms with van der Waals surface area (Å²) in [6.07, 6.45) is 4.21. The van der Waals surface area contributed by atoms with E-state index in [-0.39, 0.29) is 5.92 Å². The molecule has 0 saturated heterocycles. The van der Waals surface area contributed by atoms with Crippen molar-refractivity contribution >= 4 is 5.57 Å². The first kappa shape index (κ1) is 10.9. The minimum Gasteiger partial charge on any atom is -0.501 e. The minimum atomic E-state index is -0.841. The van der Waals surface area contributed by atoms with Crippen molar-refractivity contribution in [3.05, 3.63) is 54.3 Å². The van der Waals surface area contributed by atoms with E-state index in [1.54, 1.807) is 18.4 Å². The van der Waals surface area contributed by atoms with E-state index in [0.717, 1.165) is 18.1 Å². The van der Waals surface area contributed by atoms with Gasteiger partial charge in [0.1, 0.15) is 0 Å². The standard InChI is InChI=1S/C13H12F2O/c1-2-9-5-6-16-8-11(9)10-3-4-12(14)13(15)7-10/h2-4,7-9H,1,5-6H2. The number of ether oxygens (including phenoxy) is 1. The van der Waals surface area contributed by atoms with Crippen LogP contribution in [0.25, 0.3) is 5.57 Å². The molecule has 1 heterocycles. The predicted molar refractivity (Wildman–Crippen MR) is 58.6 cm³/mol. The largest absolute Gasteiger partial charge is 0.501 e. The molecule has 0 spiro atoms. The zero-order chi connectivity index (χ0) is 11.5. The van der Waals surface area contributed by atoms with Crippen LogP contribution in [0.4, 0.5) is 8.78 Å². The lowest BCUT2D eigenvalue weighted by molar-refractivity contribution is 0.223. The van der Waals surface area contributed by atoms with Crippen molar-refractivity contribution in [2.45, 2.75) is 6.42 Å². The van der Waals surface area contributed by atoms with Gasteiger partial charge in [0.2, 0.25) is 0 Å². The van der Waals surface area contributed by atoms with Crippen LogP contribution >= 0.6 is 0 Å². The molecule has 0 N–H and O–H groups in total. The Morgan fingerprint density at radius 1 is 1.31 bits per heavy atom. The SMILES string of the molecule is C=CC1CCOC=C1c1ccc(F)c(F)c1. The fourth-order valence-corrected chi connectivity index (χ4v) is 1.79. The van der Waals surface area contributed by atoms with Crippen molar-refractivity contribution in [1.29, 1.82) is 0 Å². The Morgan fingerprint density at radius 3 is 2.81 bits per heavy atom. The molecule has 0 bridgehead atoms. The topological polar surface area (TPSA) is 9.23 Å². The van der Waals surface area contributed by atoms with Crippen LogP contribution in [0, 0.1) is 17.6 Å². The van der Waals surface area contributed by atoms with Gasteiger partial charge in [0.25, 0.3) is 0 Å². The van der Waals surface area contributed by atoms with E-state index < -0.39 is 11.6 Å². The lowest BCUT2D eigenvalue weighted by Crippen LogP contribution is -2.10. The van der Waals surface area contributed by atoms with Gasteiger partial charge in [-0.1, -0.05) is 12.1 Å². The normalized spacial score (nSPS) is 19.9. The summed E-state index contributed by atoms with van der Waals surface area (Å²) in [6.45, 7) is 4.36. The molecule has 1 aromatic rings. The molecule has 0 amide bonds. The van der Waals surface area contributed by atoms with Crippen molar-refractivity contribution in [3.8, 4) is 0 Å². The van der Waals surface area contributed by atoms with Crippen molar-refractivity contribution in [2.24, 2.45) is 5.92 Å². The van der Waals surface area contributed by atoms with Gasteiger partial charge in [0, 0.05) is 11.5 Å². The van der Waals surface area contributed by atoms with Crippen LogP contribution in [0.3, 0.4) is 0 Å². The highest BCUT2D eigenvalue weighted by Crippen LogP contribution is 2.30. The molecule has 1 nitrogen and oxygen atoms in total. The second kappa shape index (κ2) is 4.47. The molecule has 84 valence electrons. The Bertz CT molecular complexity index is 438. The highest BCUT2D eigenvalue weighted by atomic mass is 19.2. The summed E-state index contributed by atoms with van der Waals surface area (Å²) in [5.41, 5.74) is 1.49. The third kappa shape index (κ3) is 1.98. The molecule has 0 radical (unpaired) electrons. The molecule has 1 unspecified atom stereocenters. The van der Waals surface area contributed by atoms with Crippen LogP contribution < -0.4 is 0 Å². The Hall–Kier alpha value is -1.64. The van der Waals surface area contributed by atoms with Gasteiger partial charge in [-0.05, 0) is 24.1 Å². The van der Waals surface area contributed by atoms with E-state index in [1.807, 2.05) is 0 Å². The quantitative estimate of drug-likeness (QED) is 0.695. The van der Waals surface area contributed by atoms with Crippen molar-refractivity contribution in [3.63, 3.8) is 0 Å².